The summed E-state index contributed by atoms with van der Waals surface area (Å²) >= 11 is 1.19. The molecule has 3 rings (SSSR count). The first kappa shape index (κ1) is 15.5. The first-order chi connectivity index (χ1) is 11.0. The summed E-state index contributed by atoms with van der Waals surface area (Å²) in [6, 6.07) is 4.97. The second kappa shape index (κ2) is 6.41. The molecular weight excluding hydrogens is 318 g/mol. The average Bonchev–Trinajstić information content (AvgIpc) is 2.91. The van der Waals surface area contributed by atoms with Crippen LogP contribution < -0.4 is 5.56 Å². The molecule has 0 aromatic carbocycles. The van der Waals surface area contributed by atoms with Crippen molar-refractivity contribution in [2.24, 2.45) is 0 Å². The molecule has 120 valence electrons. The highest BCUT2D eigenvalue weighted by molar-refractivity contribution is 8.13. The van der Waals surface area contributed by atoms with E-state index in [1.807, 2.05) is 13.0 Å². The molecule has 1 fully saturated rings. The van der Waals surface area contributed by atoms with Crippen LogP contribution >= 0.6 is 11.8 Å². The molecule has 0 N–H and O–H groups in total. The van der Waals surface area contributed by atoms with Crippen LogP contribution in [0, 0.1) is 6.92 Å². The van der Waals surface area contributed by atoms with Crippen LogP contribution in [-0.4, -0.2) is 44.3 Å². The first-order valence-electron chi connectivity index (χ1n) is 7.10. The Morgan fingerprint density at radius 3 is 3.00 bits per heavy atom. The summed E-state index contributed by atoms with van der Waals surface area (Å²) in [5, 5.41) is -0.111. The Balaban J connectivity index is 1.69. The van der Waals surface area contributed by atoms with Crippen LogP contribution in [0.3, 0.4) is 0 Å². The number of aromatic nitrogens is 2. The number of amides is 1. The molecule has 0 atom stereocenters. The van der Waals surface area contributed by atoms with Gasteiger partial charge >= 0.3 is 5.97 Å². The van der Waals surface area contributed by atoms with Gasteiger partial charge in [-0.05, 0) is 18.6 Å². The molecule has 2 aromatic heterocycles. The van der Waals surface area contributed by atoms with E-state index in [4.69, 9.17) is 4.74 Å². The number of nitrogens with zero attached hydrogens (tertiary/aromatic N) is 3. The van der Waals surface area contributed by atoms with Crippen LogP contribution in [0.1, 0.15) is 11.3 Å². The fourth-order valence-electron chi connectivity index (χ4n) is 2.31. The van der Waals surface area contributed by atoms with Gasteiger partial charge in [-0.2, -0.15) is 0 Å². The van der Waals surface area contributed by atoms with Crippen molar-refractivity contribution < 1.29 is 14.3 Å². The molecule has 7 nitrogen and oxygen atoms in total. The van der Waals surface area contributed by atoms with Crippen molar-refractivity contribution >= 4 is 28.6 Å². The van der Waals surface area contributed by atoms with Gasteiger partial charge in [-0.15, -0.1) is 0 Å². The van der Waals surface area contributed by atoms with Crippen molar-refractivity contribution in [1.29, 1.82) is 0 Å². The maximum atomic E-state index is 12.0. The molecule has 0 saturated carbocycles. The van der Waals surface area contributed by atoms with Crippen LogP contribution in [0.15, 0.2) is 29.2 Å². The van der Waals surface area contributed by atoms with Gasteiger partial charge in [-0.3, -0.25) is 18.8 Å². The molecule has 0 aliphatic carbocycles. The number of carbonyl (C=O) groups excluding carboxylic acids is 2. The molecule has 1 aliphatic heterocycles. The minimum Gasteiger partial charge on any atom is -0.458 e. The van der Waals surface area contributed by atoms with Crippen LogP contribution in [0.5, 0.6) is 0 Å². The Bertz CT molecular complexity index is 833. The zero-order chi connectivity index (χ0) is 16.4. The van der Waals surface area contributed by atoms with E-state index < -0.39 is 5.97 Å². The van der Waals surface area contributed by atoms with Gasteiger partial charge in [0, 0.05) is 24.6 Å². The molecule has 2 aromatic rings. The van der Waals surface area contributed by atoms with Crippen molar-refractivity contribution in [3.05, 3.63) is 46.0 Å². The number of fused-ring (bicyclic) bond motifs is 1. The van der Waals surface area contributed by atoms with Gasteiger partial charge in [0.05, 0.1) is 5.69 Å². The number of hydrogen-bond donors (Lipinski definition) is 0. The highest BCUT2D eigenvalue weighted by Crippen LogP contribution is 2.16. The molecule has 1 aliphatic rings. The predicted molar refractivity (Wildman–Crippen MR) is 85.4 cm³/mol. The SMILES string of the molecule is Cc1cccn2c(=O)cc(COC(=O)CN3CCSC3=O)nc12. The summed E-state index contributed by atoms with van der Waals surface area (Å²) in [5.74, 6) is 0.182. The fourth-order valence-corrected chi connectivity index (χ4v) is 3.13. The van der Waals surface area contributed by atoms with Gasteiger partial charge < -0.3 is 9.64 Å². The lowest BCUT2D eigenvalue weighted by Gasteiger charge is -2.13. The fraction of sp³-hybridized carbons (Fsp3) is 0.333. The lowest BCUT2D eigenvalue weighted by atomic mass is 10.3. The van der Waals surface area contributed by atoms with Gasteiger partial charge in [0.2, 0.25) is 0 Å². The molecule has 1 amide bonds. The third-order valence-corrected chi connectivity index (χ3v) is 4.38. The molecule has 0 bridgehead atoms. The standard InChI is InChI=1S/C15H15N3O4S/c1-10-3-2-4-18-12(19)7-11(16-14(10)18)9-22-13(20)8-17-5-6-23-15(17)21/h2-4,7H,5-6,8-9H2,1H3. The van der Waals surface area contributed by atoms with Gasteiger partial charge in [0.1, 0.15) is 18.8 Å². The summed E-state index contributed by atoms with van der Waals surface area (Å²) in [5.41, 5.74) is 1.56. The van der Waals surface area contributed by atoms with E-state index in [0.29, 0.717) is 23.6 Å². The molecule has 0 spiro atoms. The normalized spacial score (nSPS) is 14.5. The van der Waals surface area contributed by atoms with Crippen LogP contribution in [0.25, 0.3) is 5.65 Å². The van der Waals surface area contributed by atoms with Gasteiger partial charge in [-0.25, -0.2) is 4.98 Å². The maximum absolute atomic E-state index is 12.0. The second-order valence-electron chi connectivity index (χ2n) is 5.17. The molecule has 0 unspecified atom stereocenters. The van der Waals surface area contributed by atoms with Crippen LogP contribution in [-0.2, 0) is 16.1 Å². The Morgan fingerprint density at radius 2 is 2.26 bits per heavy atom. The lowest BCUT2D eigenvalue weighted by Crippen LogP contribution is -2.31. The number of hydrogen-bond acceptors (Lipinski definition) is 6. The average molecular weight is 333 g/mol. The Hall–Kier alpha value is -2.35. The molecule has 1 saturated heterocycles. The summed E-state index contributed by atoms with van der Waals surface area (Å²) in [6.45, 7) is 2.24. The van der Waals surface area contributed by atoms with Gasteiger partial charge in [0.25, 0.3) is 10.8 Å². The van der Waals surface area contributed by atoms with Crippen molar-refractivity contribution in [2.75, 3.05) is 18.8 Å². The highest BCUT2D eigenvalue weighted by atomic mass is 32.2. The molecule has 8 heteroatoms. The summed E-state index contributed by atoms with van der Waals surface area (Å²) in [6.07, 6.45) is 1.64. The number of aryl methyl sites for hydroxylation is 1. The molecule has 23 heavy (non-hydrogen) atoms. The third-order valence-electron chi connectivity index (χ3n) is 3.49. The number of rotatable bonds is 4. The minimum absolute atomic E-state index is 0.0720. The van der Waals surface area contributed by atoms with Crippen molar-refractivity contribution in [1.82, 2.24) is 14.3 Å². The van der Waals surface area contributed by atoms with Crippen LogP contribution in [0.2, 0.25) is 0 Å². The number of thioether (sulfide) groups is 1. The van der Waals surface area contributed by atoms with Gasteiger partial charge in [0.15, 0.2) is 0 Å². The maximum Gasteiger partial charge on any atom is 0.326 e. The van der Waals surface area contributed by atoms with Crippen molar-refractivity contribution in [3.63, 3.8) is 0 Å². The number of ether oxygens (including phenoxy) is 1. The van der Waals surface area contributed by atoms with E-state index in [1.54, 1.807) is 12.3 Å². The molecule has 3 heterocycles. The van der Waals surface area contributed by atoms with E-state index in [9.17, 15) is 14.4 Å². The quantitative estimate of drug-likeness (QED) is 0.783. The molecule has 0 radical (unpaired) electrons. The van der Waals surface area contributed by atoms with E-state index in [-0.39, 0.29) is 24.0 Å². The topological polar surface area (TPSA) is 81.0 Å². The minimum atomic E-state index is -0.507. The monoisotopic (exact) mass is 333 g/mol. The van der Waals surface area contributed by atoms with Gasteiger partial charge in [-0.1, -0.05) is 17.8 Å². The highest BCUT2D eigenvalue weighted by Gasteiger charge is 2.23. The summed E-state index contributed by atoms with van der Waals surface area (Å²) in [4.78, 5) is 41.1. The van der Waals surface area contributed by atoms with Crippen LogP contribution in [0.4, 0.5) is 4.79 Å². The predicted octanol–water partition coefficient (Wildman–Crippen LogP) is 1.21. The Morgan fingerprint density at radius 1 is 1.43 bits per heavy atom. The second-order valence-corrected chi connectivity index (χ2v) is 6.21. The number of esters is 1. The smallest absolute Gasteiger partial charge is 0.326 e. The zero-order valence-corrected chi connectivity index (χ0v) is 13.3. The largest absolute Gasteiger partial charge is 0.458 e. The summed E-state index contributed by atoms with van der Waals surface area (Å²) in [7, 11) is 0. The van der Waals surface area contributed by atoms with Crippen molar-refractivity contribution in [2.45, 2.75) is 13.5 Å². The van der Waals surface area contributed by atoms with E-state index in [0.717, 1.165) is 5.56 Å². The summed E-state index contributed by atoms with van der Waals surface area (Å²) < 4.78 is 6.57. The van der Waals surface area contributed by atoms with Crippen molar-refractivity contribution in [3.8, 4) is 0 Å². The lowest BCUT2D eigenvalue weighted by molar-refractivity contribution is -0.145. The van der Waals surface area contributed by atoms with E-state index in [2.05, 4.69) is 4.98 Å². The number of carbonyl (C=O) groups is 2. The van der Waals surface area contributed by atoms with E-state index in [1.165, 1.54) is 27.1 Å². The Kier molecular flexibility index (Phi) is 4.33. The molecular formula is C15H15N3O4S. The zero-order valence-electron chi connectivity index (χ0n) is 12.5. The first-order valence-corrected chi connectivity index (χ1v) is 8.08. The third kappa shape index (κ3) is 3.37. The number of pyridine rings is 1. The van der Waals surface area contributed by atoms with E-state index >= 15 is 0 Å². The Labute approximate surface area is 136 Å².